The number of rotatable bonds is 2. The second-order valence-corrected chi connectivity index (χ2v) is 2.93. The van der Waals surface area contributed by atoms with Crippen LogP contribution in [0.1, 0.15) is 10.5 Å². The summed E-state index contributed by atoms with van der Waals surface area (Å²) >= 11 is 0. The van der Waals surface area contributed by atoms with Gasteiger partial charge < -0.3 is 14.5 Å². The number of benzene rings is 1. The van der Waals surface area contributed by atoms with E-state index in [0.29, 0.717) is 5.69 Å². The van der Waals surface area contributed by atoms with Crippen LogP contribution in [0.5, 0.6) is 0 Å². The first kappa shape index (κ1) is 12.5. The van der Waals surface area contributed by atoms with Gasteiger partial charge in [-0.2, -0.15) is 0 Å². The van der Waals surface area contributed by atoms with Crippen LogP contribution in [0.25, 0.3) is 5.69 Å². The summed E-state index contributed by atoms with van der Waals surface area (Å²) in [6.07, 6.45) is 2.64. The molecule has 4 nitrogen and oxygen atoms in total. The third-order valence-electron chi connectivity index (χ3n) is 1.92. The second kappa shape index (κ2) is 4.97. The fourth-order valence-corrected chi connectivity index (χ4v) is 1.18. The molecule has 1 aromatic carbocycles. The molecule has 2 aromatic rings. The number of nitrogens with zero attached hydrogens (tertiary/aromatic N) is 2. The van der Waals surface area contributed by atoms with Gasteiger partial charge in [0, 0.05) is 11.9 Å². The third-order valence-corrected chi connectivity index (χ3v) is 1.92. The van der Waals surface area contributed by atoms with Gasteiger partial charge >= 0.3 is 18.9 Å². The molecule has 0 saturated heterocycles. The van der Waals surface area contributed by atoms with Crippen LogP contribution in [-0.4, -0.2) is 15.5 Å². The predicted molar refractivity (Wildman–Crippen MR) is 47.9 cm³/mol. The predicted octanol–water partition coefficient (Wildman–Crippen LogP) is -2.62. The van der Waals surface area contributed by atoms with Gasteiger partial charge in [-0.1, -0.05) is 0 Å². The topological polar surface area (TPSA) is 57.9 Å². The van der Waals surface area contributed by atoms with Gasteiger partial charge in [-0.25, -0.2) is 9.37 Å². The van der Waals surface area contributed by atoms with Gasteiger partial charge in [-0.05, 0) is 24.3 Å². The Morgan fingerprint density at radius 1 is 1.31 bits per heavy atom. The summed E-state index contributed by atoms with van der Waals surface area (Å²) in [5.74, 6) is -1.69. The Bertz CT molecular complexity index is 496. The van der Waals surface area contributed by atoms with Crippen LogP contribution in [0, 0.1) is 5.82 Å². The number of aromatic carboxylic acids is 1. The number of halogens is 1. The first-order chi connectivity index (χ1) is 7.16. The normalized spacial score (nSPS) is 9.56. The number of hydrogen-bond acceptors (Lipinski definition) is 3. The van der Waals surface area contributed by atoms with Crippen molar-refractivity contribution in [1.29, 1.82) is 0 Å². The van der Waals surface area contributed by atoms with Gasteiger partial charge in [-0.15, -0.1) is 0 Å². The SMILES string of the molecule is O=C([O-])c1cn(-c2ccc(F)cc2)cn1.[Li+]. The summed E-state index contributed by atoms with van der Waals surface area (Å²) in [6, 6.07) is 5.62. The van der Waals surface area contributed by atoms with Crippen molar-refractivity contribution in [2.45, 2.75) is 0 Å². The van der Waals surface area contributed by atoms with Gasteiger partial charge in [-0.3, -0.25) is 0 Å². The van der Waals surface area contributed by atoms with Crippen molar-refractivity contribution >= 4 is 5.97 Å². The molecule has 0 bridgehead atoms. The van der Waals surface area contributed by atoms with Crippen LogP contribution in [0.4, 0.5) is 4.39 Å². The van der Waals surface area contributed by atoms with E-state index < -0.39 is 5.97 Å². The molecule has 0 fully saturated rings. The number of carbonyl (C=O) groups is 1. The Labute approximate surface area is 103 Å². The standard InChI is InChI=1S/C10H7FN2O2.Li/c11-7-1-3-8(4-2-7)13-5-9(10(14)15)12-6-13;/h1-6H,(H,14,15);/q;+1/p-1. The van der Waals surface area contributed by atoms with E-state index in [1.165, 1.54) is 41.4 Å². The van der Waals surface area contributed by atoms with E-state index in [1.54, 1.807) is 0 Å². The second-order valence-electron chi connectivity index (χ2n) is 2.93. The number of imidazole rings is 1. The zero-order chi connectivity index (χ0) is 10.8. The fourth-order valence-electron chi connectivity index (χ4n) is 1.18. The fraction of sp³-hybridized carbons (Fsp3) is 0. The average Bonchev–Trinajstić information content (AvgIpc) is 2.68. The Morgan fingerprint density at radius 2 is 1.94 bits per heavy atom. The van der Waals surface area contributed by atoms with E-state index in [-0.39, 0.29) is 30.4 Å². The Hall–Kier alpha value is -1.57. The molecule has 1 aromatic heterocycles. The number of aromatic nitrogens is 2. The van der Waals surface area contributed by atoms with Crippen molar-refractivity contribution < 1.29 is 33.2 Å². The van der Waals surface area contributed by atoms with Crippen molar-refractivity contribution in [3.8, 4) is 5.69 Å². The van der Waals surface area contributed by atoms with E-state index in [9.17, 15) is 14.3 Å². The molecule has 16 heavy (non-hydrogen) atoms. The zero-order valence-electron chi connectivity index (χ0n) is 8.55. The van der Waals surface area contributed by atoms with Crippen LogP contribution < -0.4 is 24.0 Å². The number of carboxylic acids is 1. The summed E-state index contributed by atoms with van der Waals surface area (Å²) in [5, 5.41) is 10.5. The average molecular weight is 212 g/mol. The Morgan fingerprint density at radius 3 is 2.44 bits per heavy atom. The largest absolute Gasteiger partial charge is 1.00 e. The minimum absolute atomic E-state index is 0. The smallest absolute Gasteiger partial charge is 0.543 e. The van der Waals surface area contributed by atoms with Gasteiger partial charge in [0.15, 0.2) is 0 Å². The first-order valence-electron chi connectivity index (χ1n) is 4.18. The molecule has 0 radical (unpaired) electrons. The molecule has 0 aliphatic heterocycles. The Kier molecular flexibility index (Phi) is 3.88. The maximum absolute atomic E-state index is 12.6. The minimum Gasteiger partial charge on any atom is -0.543 e. The summed E-state index contributed by atoms with van der Waals surface area (Å²) in [7, 11) is 0. The third kappa shape index (κ3) is 2.51. The number of carboxylic acid groups (broad SMARTS) is 1. The van der Waals surface area contributed by atoms with Gasteiger partial charge in [0.1, 0.15) is 11.5 Å². The van der Waals surface area contributed by atoms with Crippen molar-refractivity contribution in [3.05, 3.63) is 48.3 Å². The summed E-state index contributed by atoms with van der Waals surface area (Å²) < 4.78 is 14.1. The number of hydrogen-bond donors (Lipinski definition) is 0. The van der Waals surface area contributed by atoms with Crippen molar-refractivity contribution in [2.24, 2.45) is 0 Å². The van der Waals surface area contributed by atoms with Crippen LogP contribution in [-0.2, 0) is 0 Å². The van der Waals surface area contributed by atoms with Crippen LogP contribution in [0.3, 0.4) is 0 Å². The quantitative estimate of drug-likeness (QED) is 0.512. The monoisotopic (exact) mass is 212 g/mol. The number of carbonyl (C=O) groups excluding carboxylic acids is 1. The van der Waals surface area contributed by atoms with E-state index in [4.69, 9.17) is 0 Å². The molecule has 2 rings (SSSR count). The van der Waals surface area contributed by atoms with E-state index in [1.807, 2.05) is 0 Å². The maximum atomic E-state index is 12.6. The van der Waals surface area contributed by atoms with Crippen molar-refractivity contribution in [2.75, 3.05) is 0 Å². The van der Waals surface area contributed by atoms with Crippen LogP contribution >= 0.6 is 0 Å². The van der Waals surface area contributed by atoms with Gasteiger partial charge in [0.05, 0.1) is 12.3 Å². The molecule has 0 N–H and O–H groups in total. The van der Waals surface area contributed by atoms with Crippen molar-refractivity contribution in [1.82, 2.24) is 9.55 Å². The summed E-state index contributed by atoms with van der Waals surface area (Å²) in [6.45, 7) is 0. The molecule has 0 unspecified atom stereocenters. The molecule has 0 atom stereocenters. The molecule has 76 valence electrons. The Balaban J connectivity index is 0.00000128. The van der Waals surface area contributed by atoms with Crippen LogP contribution in [0.15, 0.2) is 36.8 Å². The van der Waals surface area contributed by atoms with E-state index in [0.717, 1.165) is 0 Å². The van der Waals surface area contributed by atoms with Crippen molar-refractivity contribution in [3.63, 3.8) is 0 Å². The molecule has 0 aliphatic rings. The zero-order valence-corrected chi connectivity index (χ0v) is 8.55. The van der Waals surface area contributed by atoms with E-state index >= 15 is 0 Å². The molecular weight excluding hydrogens is 206 g/mol. The molecule has 0 saturated carbocycles. The molecular formula is C10H6FLiN2O2. The molecule has 0 aliphatic carbocycles. The molecule has 0 amide bonds. The molecule has 0 spiro atoms. The maximum Gasteiger partial charge on any atom is 1.00 e. The van der Waals surface area contributed by atoms with E-state index in [2.05, 4.69) is 4.98 Å². The molecule has 6 heteroatoms. The van der Waals surface area contributed by atoms with Gasteiger partial charge in [0.25, 0.3) is 0 Å². The first-order valence-corrected chi connectivity index (χ1v) is 4.18. The molecule has 1 heterocycles. The van der Waals surface area contributed by atoms with Crippen LogP contribution in [0.2, 0.25) is 0 Å². The van der Waals surface area contributed by atoms with Gasteiger partial charge in [0.2, 0.25) is 0 Å². The summed E-state index contributed by atoms with van der Waals surface area (Å²) in [5.41, 5.74) is 0.482. The minimum atomic E-state index is -1.34. The summed E-state index contributed by atoms with van der Waals surface area (Å²) in [4.78, 5) is 14.1.